The average Bonchev–Trinajstić information content (AvgIpc) is 2.52. The number of hydrogen-bond acceptors (Lipinski definition) is 5. The minimum atomic E-state index is -4.65. The van der Waals surface area contributed by atoms with Gasteiger partial charge in [-0.2, -0.15) is 8.42 Å². The maximum absolute atomic E-state index is 12.4. The molecule has 0 spiro atoms. The molecule has 7 heteroatoms. The van der Waals surface area contributed by atoms with Crippen molar-refractivity contribution in [2.45, 2.75) is 92.9 Å². The summed E-state index contributed by atoms with van der Waals surface area (Å²) in [6.45, 7) is 21.1. The number of ether oxygens (including phenoxy) is 2. The van der Waals surface area contributed by atoms with E-state index in [1.807, 2.05) is 0 Å². The number of hydrogen-bond donors (Lipinski definition) is 2. The van der Waals surface area contributed by atoms with Crippen LogP contribution in [0.4, 0.5) is 0 Å². The van der Waals surface area contributed by atoms with Crippen LogP contribution in [0.1, 0.15) is 92.2 Å². The minimum absolute atomic E-state index is 0.00161. The van der Waals surface area contributed by atoms with Crippen molar-refractivity contribution in [1.29, 1.82) is 0 Å². The lowest BCUT2D eigenvalue weighted by Gasteiger charge is -2.49. The van der Waals surface area contributed by atoms with Crippen LogP contribution >= 0.6 is 0 Å². The van der Waals surface area contributed by atoms with Crippen LogP contribution in [0.15, 0.2) is 4.90 Å². The van der Waals surface area contributed by atoms with Crippen LogP contribution in [-0.4, -0.2) is 32.3 Å². The van der Waals surface area contributed by atoms with Crippen molar-refractivity contribution in [2.75, 3.05) is 14.2 Å². The molecule has 1 aromatic carbocycles. The first kappa shape index (κ1) is 28.6. The molecule has 0 heterocycles. The molecule has 6 nitrogen and oxygen atoms in total. The van der Waals surface area contributed by atoms with Gasteiger partial charge < -0.3 is 14.6 Å². The molecule has 1 rings (SSSR count). The minimum Gasteiger partial charge on any atom is -0.504 e. The van der Waals surface area contributed by atoms with E-state index in [9.17, 15) is 18.1 Å². The van der Waals surface area contributed by atoms with Gasteiger partial charge in [-0.25, -0.2) is 0 Å². The van der Waals surface area contributed by atoms with E-state index in [4.69, 9.17) is 9.47 Å². The van der Waals surface area contributed by atoms with E-state index < -0.39 is 10.1 Å². The summed E-state index contributed by atoms with van der Waals surface area (Å²) < 4.78 is 45.6. The Morgan fingerprint density at radius 2 is 1.38 bits per heavy atom. The fourth-order valence-electron chi connectivity index (χ4n) is 6.32. The molecule has 0 aliphatic rings. The highest BCUT2D eigenvalue weighted by atomic mass is 32.2. The Hall–Kier alpha value is -1.47. The second-order valence-corrected chi connectivity index (χ2v) is 13.4. The van der Waals surface area contributed by atoms with E-state index >= 15 is 0 Å². The summed E-state index contributed by atoms with van der Waals surface area (Å²) >= 11 is 0. The van der Waals surface area contributed by atoms with Crippen LogP contribution in [0.2, 0.25) is 0 Å². The van der Waals surface area contributed by atoms with Crippen molar-refractivity contribution in [3.63, 3.8) is 0 Å². The Labute approximate surface area is 195 Å². The summed E-state index contributed by atoms with van der Waals surface area (Å²) in [5, 5.41) is 11.4. The summed E-state index contributed by atoms with van der Waals surface area (Å²) in [6.07, 6.45) is 1.69. The summed E-state index contributed by atoms with van der Waals surface area (Å²) in [6, 6.07) is 0. The third-order valence-electron chi connectivity index (χ3n) is 6.07. The lowest BCUT2D eigenvalue weighted by Crippen LogP contribution is -2.38. The number of phenolic OH excluding ortho intramolecular Hbond substituents is 1. The molecule has 0 bridgehead atoms. The molecule has 0 radical (unpaired) electrons. The monoisotopic (exact) mass is 472 g/mol. The molecule has 0 saturated carbocycles. The van der Waals surface area contributed by atoms with Crippen molar-refractivity contribution in [2.24, 2.45) is 22.2 Å². The van der Waals surface area contributed by atoms with Gasteiger partial charge in [0.25, 0.3) is 10.1 Å². The molecule has 1 unspecified atom stereocenters. The van der Waals surface area contributed by atoms with Gasteiger partial charge in [0, 0.05) is 5.56 Å². The first-order chi connectivity index (χ1) is 14.2. The number of rotatable bonds is 9. The Morgan fingerprint density at radius 1 is 0.906 bits per heavy atom. The van der Waals surface area contributed by atoms with Crippen molar-refractivity contribution in [1.82, 2.24) is 0 Å². The van der Waals surface area contributed by atoms with Gasteiger partial charge in [-0.05, 0) is 53.4 Å². The maximum Gasteiger partial charge on any atom is 0.298 e. The Kier molecular flexibility index (Phi) is 8.40. The zero-order valence-corrected chi connectivity index (χ0v) is 22.8. The maximum atomic E-state index is 12.4. The van der Waals surface area contributed by atoms with Crippen molar-refractivity contribution >= 4 is 10.1 Å². The molecule has 1 atom stereocenters. The average molecular weight is 473 g/mol. The van der Waals surface area contributed by atoms with Crippen LogP contribution < -0.4 is 9.47 Å². The van der Waals surface area contributed by atoms with Crippen molar-refractivity contribution < 1.29 is 27.6 Å². The molecular formula is C25H44O6S. The molecular weight excluding hydrogens is 428 g/mol. The summed E-state index contributed by atoms with van der Waals surface area (Å²) in [5.41, 5.74) is 0.138. The van der Waals surface area contributed by atoms with Gasteiger partial charge >= 0.3 is 0 Å². The van der Waals surface area contributed by atoms with Gasteiger partial charge in [-0.1, -0.05) is 62.3 Å². The molecule has 0 aromatic heterocycles. The smallest absolute Gasteiger partial charge is 0.298 e. The number of phenols is 1. The third kappa shape index (κ3) is 6.10. The number of benzene rings is 1. The SMILES string of the molecule is COc1c(O)c(C(C(C)(C)CC(C)C)C(C)(C)CC(C)(C)C)c(C)c(S(=O)(=O)O)c1OC. The van der Waals surface area contributed by atoms with Crippen molar-refractivity contribution in [3.8, 4) is 17.2 Å². The topological polar surface area (TPSA) is 93.1 Å². The molecule has 0 amide bonds. The highest BCUT2D eigenvalue weighted by Crippen LogP contribution is 2.60. The fraction of sp³-hybridized carbons (Fsp3) is 0.760. The highest BCUT2D eigenvalue weighted by Gasteiger charge is 2.47. The first-order valence-electron chi connectivity index (χ1n) is 11.2. The van der Waals surface area contributed by atoms with Gasteiger partial charge in [0.15, 0.2) is 11.5 Å². The van der Waals surface area contributed by atoms with Gasteiger partial charge in [0.2, 0.25) is 5.75 Å². The van der Waals surface area contributed by atoms with Crippen molar-refractivity contribution in [3.05, 3.63) is 11.1 Å². The van der Waals surface area contributed by atoms with Crippen LogP contribution in [-0.2, 0) is 10.1 Å². The van der Waals surface area contributed by atoms with E-state index in [2.05, 4.69) is 62.3 Å². The second-order valence-electron chi connectivity index (χ2n) is 12.0. The van der Waals surface area contributed by atoms with Crippen LogP contribution in [0.25, 0.3) is 0 Å². The molecule has 0 aliphatic carbocycles. The standard InChI is InChI=1S/C25H44O6S/c1-15(2)13-24(7,8)22(25(9,10)14-23(4,5)6)17-16(3)21(32(27,28)29)20(31-12)19(30-11)18(17)26/h15,22,26H,13-14H2,1-12H3,(H,27,28,29). The largest absolute Gasteiger partial charge is 0.504 e. The zero-order chi connectivity index (χ0) is 25.4. The van der Waals surface area contributed by atoms with Crippen LogP contribution in [0.3, 0.4) is 0 Å². The summed E-state index contributed by atoms with van der Waals surface area (Å²) in [5.74, 6) is -0.267. The van der Waals surface area contributed by atoms with Gasteiger partial charge in [-0.15, -0.1) is 0 Å². The normalized spacial score (nSPS) is 14.6. The Balaban J connectivity index is 4.20. The zero-order valence-electron chi connectivity index (χ0n) is 22.0. The third-order valence-corrected chi connectivity index (χ3v) is 7.07. The predicted molar refractivity (Wildman–Crippen MR) is 130 cm³/mol. The summed E-state index contributed by atoms with van der Waals surface area (Å²) in [4.78, 5) is -0.360. The molecule has 0 aliphatic heterocycles. The number of aromatic hydroxyl groups is 1. The second kappa shape index (κ2) is 9.41. The lowest BCUT2D eigenvalue weighted by atomic mass is 9.56. The molecule has 186 valence electrons. The van der Waals surface area contributed by atoms with Gasteiger partial charge in [0.05, 0.1) is 14.2 Å². The highest BCUT2D eigenvalue weighted by molar-refractivity contribution is 7.86. The molecule has 0 fully saturated rings. The van der Waals surface area contributed by atoms with Crippen LogP contribution in [0, 0.1) is 29.1 Å². The molecule has 2 N–H and O–H groups in total. The fourth-order valence-corrected chi connectivity index (χ4v) is 7.23. The molecule has 1 aromatic rings. The Bertz CT molecular complexity index is 921. The molecule has 0 saturated heterocycles. The predicted octanol–water partition coefficient (Wildman–Crippen LogP) is 6.58. The lowest BCUT2D eigenvalue weighted by molar-refractivity contribution is 0.0763. The van der Waals surface area contributed by atoms with Gasteiger partial charge in [-0.3, -0.25) is 4.55 Å². The Morgan fingerprint density at radius 3 is 1.72 bits per heavy atom. The summed E-state index contributed by atoms with van der Waals surface area (Å²) in [7, 11) is -2.01. The van der Waals surface area contributed by atoms with E-state index in [0.717, 1.165) is 12.8 Å². The van der Waals surface area contributed by atoms with E-state index in [-0.39, 0.29) is 49.9 Å². The number of methoxy groups -OCH3 is 2. The first-order valence-corrected chi connectivity index (χ1v) is 12.6. The van der Waals surface area contributed by atoms with E-state index in [1.165, 1.54) is 14.2 Å². The molecule has 32 heavy (non-hydrogen) atoms. The van der Waals surface area contributed by atoms with Gasteiger partial charge in [0.1, 0.15) is 4.90 Å². The van der Waals surface area contributed by atoms with E-state index in [1.54, 1.807) is 6.92 Å². The van der Waals surface area contributed by atoms with Crippen LogP contribution in [0.5, 0.6) is 17.2 Å². The quantitative estimate of drug-likeness (QED) is 0.394. The van der Waals surface area contributed by atoms with E-state index in [0.29, 0.717) is 11.5 Å².